The average Bonchev–Trinajstić information content (AvgIpc) is 3.00. The second kappa shape index (κ2) is 9.42. The summed E-state index contributed by atoms with van der Waals surface area (Å²) < 4.78 is 0. The molecule has 0 amide bonds. The van der Waals surface area contributed by atoms with E-state index in [0.717, 1.165) is 5.57 Å². The standard InChI is InChI=1S/C39H28/c1-3-26(4-2)30-23-24-37(32-16-8-7-15-31(30)32)39-35-19-11-9-17-33(35)38(34-18-10-12-20-36(34)39)29-22-21-27-13-5-6-14-28(27)25-29/h3-25H,1H2,2H3/b26-4+. The summed E-state index contributed by atoms with van der Waals surface area (Å²) in [7, 11) is 0. The number of allylic oxidation sites excluding steroid dienone is 3. The Morgan fingerprint density at radius 1 is 0.513 bits per heavy atom. The number of hydrogen-bond acceptors (Lipinski definition) is 0. The maximum Gasteiger partial charge on any atom is -0.00201 e. The second-order valence-corrected chi connectivity index (χ2v) is 10.1. The highest BCUT2D eigenvalue weighted by Crippen LogP contribution is 2.46. The van der Waals surface area contributed by atoms with Crippen molar-refractivity contribution < 1.29 is 0 Å². The molecular formula is C39H28. The first-order valence-corrected chi connectivity index (χ1v) is 13.5. The summed E-state index contributed by atoms with van der Waals surface area (Å²) in [4.78, 5) is 0. The minimum absolute atomic E-state index is 1.15. The Morgan fingerprint density at radius 2 is 1.05 bits per heavy atom. The Morgan fingerprint density at radius 3 is 1.67 bits per heavy atom. The van der Waals surface area contributed by atoms with Gasteiger partial charge in [0.05, 0.1) is 0 Å². The van der Waals surface area contributed by atoms with Crippen LogP contribution >= 0.6 is 0 Å². The Hall–Kier alpha value is -4.94. The molecule has 7 aromatic rings. The van der Waals surface area contributed by atoms with E-state index in [1.54, 1.807) is 0 Å². The maximum atomic E-state index is 4.07. The maximum absolute atomic E-state index is 4.07. The zero-order valence-electron chi connectivity index (χ0n) is 22.0. The van der Waals surface area contributed by atoms with Gasteiger partial charge >= 0.3 is 0 Å². The molecule has 0 unspecified atom stereocenters. The molecule has 0 bridgehead atoms. The van der Waals surface area contributed by atoms with Gasteiger partial charge < -0.3 is 0 Å². The first kappa shape index (κ1) is 23.2. The summed E-state index contributed by atoms with van der Waals surface area (Å²) in [6.45, 7) is 6.14. The number of fused-ring (bicyclic) bond motifs is 4. The summed E-state index contributed by atoms with van der Waals surface area (Å²) in [5.41, 5.74) is 7.45. The van der Waals surface area contributed by atoms with E-state index in [-0.39, 0.29) is 0 Å². The molecule has 0 nitrogen and oxygen atoms in total. The predicted molar refractivity (Wildman–Crippen MR) is 171 cm³/mol. The minimum Gasteiger partial charge on any atom is -0.0985 e. The summed E-state index contributed by atoms with van der Waals surface area (Å²) in [5.74, 6) is 0. The molecule has 0 aliphatic carbocycles. The van der Waals surface area contributed by atoms with Crippen LogP contribution in [0.2, 0.25) is 0 Å². The van der Waals surface area contributed by atoms with Crippen LogP contribution in [0.1, 0.15) is 12.5 Å². The lowest BCUT2D eigenvalue weighted by Gasteiger charge is -2.20. The van der Waals surface area contributed by atoms with E-state index in [1.165, 1.54) is 70.9 Å². The zero-order valence-corrected chi connectivity index (χ0v) is 22.0. The Kier molecular flexibility index (Phi) is 5.60. The van der Waals surface area contributed by atoms with Crippen molar-refractivity contribution in [3.63, 3.8) is 0 Å². The first-order valence-electron chi connectivity index (χ1n) is 13.5. The lowest BCUT2D eigenvalue weighted by Crippen LogP contribution is -1.93. The molecule has 0 heteroatoms. The van der Waals surface area contributed by atoms with Crippen LogP contribution in [0.25, 0.3) is 70.9 Å². The fraction of sp³-hybridized carbons (Fsp3) is 0.0256. The van der Waals surface area contributed by atoms with E-state index < -0.39 is 0 Å². The third-order valence-corrected chi connectivity index (χ3v) is 8.00. The van der Waals surface area contributed by atoms with E-state index in [2.05, 4.69) is 147 Å². The van der Waals surface area contributed by atoms with E-state index in [1.807, 2.05) is 6.08 Å². The lowest BCUT2D eigenvalue weighted by atomic mass is 9.83. The van der Waals surface area contributed by atoms with Crippen molar-refractivity contribution in [1.82, 2.24) is 0 Å². The van der Waals surface area contributed by atoms with Crippen LogP contribution in [0.4, 0.5) is 0 Å². The summed E-state index contributed by atoms with van der Waals surface area (Å²) in [6, 6.07) is 46.5. The van der Waals surface area contributed by atoms with E-state index >= 15 is 0 Å². The Balaban J connectivity index is 1.61. The predicted octanol–water partition coefficient (Wildman–Crippen LogP) is 11.2. The van der Waals surface area contributed by atoms with Gasteiger partial charge in [0, 0.05) is 0 Å². The molecule has 0 aliphatic heterocycles. The fourth-order valence-corrected chi connectivity index (χ4v) is 6.23. The van der Waals surface area contributed by atoms with Crippen LogP contribution in [-0.4, -0.2) is 0 Å². The van der Waals surface area contributed by atoms with Gasteiger partial charge in [-0.1, -0.05) is 140 Å². The van der Waals surface area contributed by atoms with Gasteiger partial charge in [-0.25, -0.2) is 0 Å². The third-order valence-electron chi connectivity index (χ3n) is 8.00. The summed E-state index contributed by atoms with van der Waals surface area (Å²) >= 11 is 0. The van der Waals surface area contributed by atoms with Crippen molar-refractivity contribution in [2.24, 2.45) is 0 Å². The molecule has 0 aromatic heterocycles. The largest absolute Gasteiger partial charge is 0.0985 e. The zero-order chi connectivity index (χ0) is 26.3. The van der Waals surface area contributed by atoms with Crippen LogP contribution in [0.15, 0.2) is 146 Å². The smallest absolute Gasteiger partial charge is 0.00201 e. The molecule has 0 N–H and O–H groups in total. The minimum atomic E-state index is 1.15. The molecule has 0 radical (unpaired) electrons. The van der Waals surface area contributed by atoms with E-state index in [4.69, 9.17) is 0 Å². The molecule has 39 heavy (non-hydrogen) atoms. The van der Waals surface area contributed by atoms with Crippen LogP contribution in [0.5, 0.6) is 0 Å². The molecule has 0 heterocycles. The van der Waals surface area contributed by atoms with Crippen molar-refractivity contribution >= 4 is 48.7 Å². The highest BCUT2D eigenvalue weighted by atomic mass is 14.2. The molecule has 7 rings (SSSR count). The molecule has 0 atom stereocenters. The van der Waals surface area contributed by atoms with Gasteiger partial charge in [0.15, 0.2) is 0 Å². The first-order chi connectivity index (χ1) is 19.3. The van der Waals surface area contributed by atoms with E-state index in [9.17, 15) is 0 Å². The van der Waals surface area contributed by atoms with Gasteiger partial charge in [0.25, 0.3) is 0 Å². The van der Waals surface area contributed by atoms with Crippen LogP contribution in [0, 0.1) is 0 Å². The average molecular weight is 497 g/mol. The lowest BCUT2D eigenvalue weighted by molar-refractivity contribution is 1.63. The van der Waals surface area contributed by atoms with Gasteiger partial charge in [-0.05, 0) is 89.5 Å². The summed E-state index contributed by atoms with van der Waals surface area (Å²) in [5, 5.41) is 10.1. The van der Waals surface area contributed by atoms with Crippen LogP contribution < -0.4 is 0 Å². The molecule has 0 saturated carbocycles. The van der Waals surface area contributed by atoms with Crippen molar-refractivity contribution in [3.05, 3.63) is 152 Å². The molecule has 184 valence electrons. The number of hydrogen-bond donors (Lipinski definition) is 0. The third kappa shape index (κ3) is 3.68. The molecule has 0 spiro atoms. The van der Waals surface area contributed by atoms with Gasteiger partial charge in [-0.2, -0.15) is 0 Å². The van der Waals surface area contributed by atoms with Crippen LogP contribution in [-0.2, 0) is 0 Å². The van der Waals surface area contributed by atoms with Gasteiger partial charge in [-0.3, -0.25) is 0 Å². The van der Waals surface area contributed by atoms with Gasteiger partial charge in [0.2, 0.25) is 0 Å². The quantitative estimate of drug-likeness (QED) is 0.168. The number of rotatable bonds is 4. The van der Waals surface area contributed by atoms with Gasteiger partial charge in [0.1, 0.15) is 0 Å². The SMILES string of the molecule is C=C/C(=C\C)c1ccc(-c2c3ccccc3c(-c3ccc4ccccc4c3)c3ccccc23)c2ccccc12. The highest BCUT2D eigenvalue weighted by Gasteiger charge is 2.19. The molecule has 0 fully saturated rings. The molecule has 0 aliphatic rings. The van der Waals surface area contributed by atoms with Crippen molar-refractivity contribution in [2.45, 2.75) is 6.92 Å². The fourth-order valence-electron chi connectivity index (χ4n) is 6.23. The van der Waals surface area contributed by atoms with Crippen molar-refractivity contribution in [3.8, 4) is 22.3 Å². The van der Waals surface area contributed by atoms with Crippen molar-refractivity contribution in [1.29, 1.82) is 0 Å². The molecular weight excluding hydrogens is 468 g/mol. The molecule has 0 saturated heterocycles. The Bertz CT molecular complexity index is 2030. The van der Waals surface area contributed by atoms with Crippen molar-refractivity contribution in [2.75, 3.05) is 0 Å². The normalized spacial score (nSPS) is 12.0. The van der Waals surface area contributed by atoms with E-state index in [0.29, 0.717) is 0 Å². The summed E-state index contributed by atoms with van der Waals surface area (Å²) in [6.07, 6.45) is 4.09. The topological polar surface area (TPSA) is 0 Å². The number of benzene rings is 7. The molecule has 7 aromatic carbocycles. The Labute approximate surface area is 229 Å². The van der Waals surface area contributed by atoms with Gasteiger partial charge in [-0.15, -0.1) is 0 Å². The second-order valence-electron chi connectivity index (χ2n) is 10.1. The highest BCUT2D eigenvalue weighted by molar-refractivity contribution is 6.24. The monoisotopic (exact) mass is 496 g/mol. The van der Waals surface area contributed by atoms with Crippen LogP contribution in [0.3, 0.4) is 0 Å².